The van der Waals surface area contributed by atoms with Gasteiger partial charge in [0.25, 0.3) is 0 Å². The molecular formula is C40H48N2O4. The molecule has 4 N–H and O–H groups in total. The zero-order valence-electron chi connectivity index (χ0n) is 27.4. The maximum Gasteiger partial charge on any atom is 0.343 e. The van der Waals surface area contributed by atoms with E-state index in [0.29, 0.717) is 34.5 Å². The van der Waals surface area contributed by atoms with E-state index >= 15 is 0 Å². The van der Waals surface area contributed by atoms with Crippen LogP contribution in [0.3, 0.4) is 0 Å². The van der Waals surface area contributed by atoms with Gasteiger partial charge in [0.2, 0.25) is 0 Å². The Kier molecular flexibility index (Phi) is 8.31. The monoisotopic (exact) mass is 620 g/mol. The van der Waals surface area contributed by atoms with E-state index in [9.17, 15) is 9.59 Å². The molecule has 4 aliphatic rings. The molecule has 6 atom stereocenters. The molecule has 2 saturated carbocycles. The number of hydrogen-bond acceptors (Lipinski definition) is 6. The van der Waals surface area contributed by atoms with Gasteiger partial charge in [0.05, 0.1) is 11.1 Å². The number of esters is 2. The van der Waals surface area contributed by atoms with Crippen molar-refractivity contribution in [2.75, 3.05) is 0 Å². The summed E-state index contributed by atoms with van der Waals surface area (Å²) in [7, 11) is 0. The molecule has 0 radical (unpaired) electrons. The zero-order valence-corrected chi connectivity index (χ0v) is 27.4. The van der Waals surface area contributed by atoms with Crippen molar-refractivity contribution in [3.05, 3.63) is 94.0 Å². The fraction of sp³-hybridized carbons (Fsp3) is 0.500. The van der Waals surface area contributed by atoms with E-state index in [1.165, 1.54) is 60.8 Å². The Morgan fingerprint density at radius 3 is 1.43 bits per heavy atom. The third-order valence-corrected chi connectivity index (χ3v) is 12.2. The first-order chi connectivity index (χ1) is 22.2. The van der Waals surface area contributed by atoms with Crippen molar-refractivity contribution in [1.29, 1.82) is 0 Å². The molecule has 7 rings (SSSR count). The summed E-state index contributed by atoms with van der Waals surface area (Å²) < 4.78 is 11.7. The first-order valence-corrected chi connectivity index (χ1v) is 17.5. The number of rotatable bonds is 4. The lowest BCUT2D eigenvalue weighted by Crippen LogP contribution is -2.52. The fourth-order valence-corrected chi connectivity index (χ4v) is 9.27. The highest BCUT2D eigenvalue weighted by Crippen LogP contribution is 2.48. The van der Waals surface area contributed by atoms with Gasteiger partial charge in [-0.25, -0.2) is 9.59 Å². The molecule has 0 aliphatic heterocycles. The molecule has 0 heterocycles. The Morgan fingerprint density at radius 1 is 0.609 bits per heavy atom. The number of ether oxygens (including phenoxy) is 2. The largest absolute Gasteiger partial charge is 0.423 e. The smallest absolute Gasteiger partial charge is 0.343 e. The minimum Gasteiger partial charge on any atom is -0.423 e. The SMILES string of the molecule is C[C@@]12CCCCC[C@@H](Cc3ccc(OC(=O)c4ccc(C(=O)Oc5ccc6c(c5)[C@@]5(C)CCCCC[C@@H](C6)[C@@H]5N)cc4)cc31)[C@@H]2N. The van der Waals surface area contributed by atoms with Gasteiger partial charge in [-0.2, -0.15) is 0 Å². The van der Waals surface area contributed by atoms with E-state index in [2.05, 4.69) is 26.0 Å². The standard InChI is InChI=1S/C40H48N2O4/c1-39-19-7-3-5-9-29(35(39)41)21-27-15-17-31(23-33(27)39)45-37(43)25-11-13-26(14-12-25)38(44)46-32-18-16-28-22-30-10-6-4-8-20-40(2,36(30)42)34(28)24-32/h11-18,23-24,29-30,35-36H,3-10,19-22,41-42H2,1-2H3/t29-,30-,35-,36-,39+,40+/m0/s1. The Labute approximate surface area is 273 Å². The van der Waals surface area contributed by atoms with E-state index in [1.807, 2.05) is 24.3 Å². The van der Waals surface area contributed by atoms with E-state index < -0.39 is 11.9 Å². The average molecular weight is 621 g/mol. The molecule has 46 heavy (non-hydrogen) atoms. The van der Waals surface area contributed by atoms with Gasteiger partial charge in [-0.3, -0.25) is 0 Å². The number of carbonyl (C=O) groups excluding carboxylic acids is 2. The van der Waals surface area contributed by atoms with E-state index in [1.54, 1.807) is 24.3 Å². The molecule has 4 bridgehead atoms. The van der Waals surface area contributed by atoms with Gasteiger partial charge in [0.1, 0.15) is 11.5 Å². The zero-order chi connectivity index (χ0) is 32.1. The molecule has 0 saturated heterocycles. The van der Waals surface area contributed by atoms with Crippen molar-refractivity contribution in [3.8, 4) is 11.5 Å². The summed E-state index contributed by atoms with van der Waals surface area (Å²) in [6.45, 7) is 4.56. The number of benzene rings is 3. The van der Waals surface area contributed by atoms with Crippen LogP contribution in [0.25, 0.3) is 0 Å². The molecule has 3 aromatic rings. The van der Waals surface area contributed by atoms with E-state index in [0.717, 1.165) is 38.5 Å². The predicted molar refractivity (Wildman–Crippen MR) is 180 cm³/mol. The van der Waals surface area contributed by atoms with Crippen molar-refractivity contribution in [1.82, 2.24) is 0 Å². The predicted octanol–water partition coefficient (Wildman–Crippen LogP) is 7.57. The van der Waals surface area contributed by atoms with Crippen molar-refractivity contribution in [3.63, 3.8) is 0 Å². The van der Waals surface area contributed by atoms with Crippen LogP contribution < -0.4 is 20.9 Å². The molecule has 0 aromatic heterocycles. The second-order valence-corrected chi connectivity index (χ2v) is 15.0. The first-order valence-electron chi connectivity index (χ1n) is 17.5. The maximum absolute atomic E-state index is 13.2. The Bertz CT molecular complexity index is 1510. The summed E-state index contributed by atoms with van der Waals surface area (Å²) >= 11 is 0. The Hall–Kier alpha value is -3.48. The van der Waals surface area contributed by atoms with Crippen LogP contribution in [0.5, 0.6) is 11.5 Å². The molecule has 6 nitrogen and oxygen atoms in total. The minimum absolute atomic E-state index is 0.106. The summed E-state index contributed by atoms with van der Waals surface area (Å²) in [5.41, 5.74) is 19.3. The van der Waals surface area contributed by atoms with Crippen LogP contribution in [0.2, 0.25) is 0 Å². The third-order valence-electron chi connectivity index (χ3n) is 12.2. The lowest BCUT2D eigenvalue weighted by molar-refractivity contribution is 0.0719. The number of hydrogen-bond donors (Lipinski definition) is 2. The first kappa shape index (κ1) is 31.1. The van der Waals surface area contributed by atoms with Crippen LogP contribution in [-0.2, 0) is 23.7 Å². The summed E-state index contributed by atoms with van der Waals surface area (Å²) in [6, 6.07) is 18.8. The molecular weight excluding hydrogens is 572 g/mol. The minimum atomic E-state index is -0.461. The van der Waals surface area contributed by atoms with Crippen LogP contribution in [-0.4, -0.2) is 24.0 Å². The quantitative estimate of drug-likeness (QED) is 0.230. The molecule has 0 spiro atoms. The topological polar surface area (TPSA) is 105 Å². The Morgan fingerprint density at radius 2 is 1.02 bits per heavy atom. The van der Waals surface area contributed by atoms with Crippen molar-refractivity contribution >= 4 is 11.9 Å². The second-order valence-electron chi connectivity index (χ2n) is 15.0. The van der Waals surface area contributed by atoms with Crippen LogP contribution in [0.1, 0.15) is 121 Å². The van der Waals surface area contributed by atoms with Gasteiger partial charge in [-0.05, 0) is 121 Å². The molecule has 3 aromatic carbocycles. The van der Waals surface area contributed by atoms with Crippen LogP contribution in [0.15, 0.2) is 60.7 Å². The van der Waals surface area contributed by atoms with Crippen LogP contribution in [0.4, 0.5) is 0 Å². The van der Waals surface area contributed by atoms with Gasteiger partial charge in [-0.15, -0.1) is 0 Å². The van der Waals surface area contributed by atoms with E-state index in [-0.39, 0.29) is 22.9 Å². The van der Waals surface area contributed by atoms with Crippen molar-refractivity contribution in [2.45, 2.75) is 114 Å². The number of fused-ring (bicyclic) bond motifs is 8. The average Bonchev–Trinajstić information content (AvgIpc) is 3.05. The van der Waals surface area contributed by atoms with Gasteiger partial charge >= 0.3 is 11.9 Å². The van der Waals surface area contributed by atoms with Crippen molar-refractivity contribution in [2.24, 2.45) is 23.3 Å². The third kappa shape index (κ3) is 5.58. The van der Waals surface area contributed by atoms with Gasteiger partial charge in [-0.1, -0.05) is 64.5 Å². The lowest BCUT2D eigenvalue weighted by Gasteiger charge is -2.47. The normalized spacial score (nSPS) is 30.3. The highest BCUT2D eigenvalue weighted by Gasteiger charge is 2.45. The fourth-order valence-electron chi connectivity index (χ4n) is 9.27. The molecule has 2 fully saturated rings. The second kappa shape index (κ2) is 12.3. The summed E-state index contributed by atoms with van der Waals surface area (Å²) in [6.07, 6.45) is 13.7. The van der Waals surface area contributed by atoms with E-state index in [4.69, 9.17) is 20.9 Å². The molecule has 0 unspecified atom stereocenters. The summed E-state index contributed by atoms with van der Waals surface area (Å²) in [4.78, 5) is 26.3. The van der Waals surface area contributed by atoms with Gasteiger partial charge in [0.15, 0.2) is 0 Å². The van der Waals surface area contributed by atoms with Crippen molar-refractivity contribution < 1.29 is 19.1 Å². The lowest BCUT2D eigenvalue weighted by atomic mass is 9.60. The Balaban J connectivity index is 1.04. The van der Waals surface area contributed by atoms with Crippen LogP contribution in [0, 0.1) is 11.8 Å². The highest BCUT2D eigenvalue weighted by molar-refractivity contribution is 5.95. The molecule has 6 heteroatoms. The summed E-state index contributed by atoms with van der Waals surface area (Å²) in [5.74, 6) is 1.13. The highest BCUT2D eigenvalue weighted by atomic mass is 16.5. The molecule has 242 valence electrons. The van der Waals surface area contributed by atoms with Gasteiger partial charge in [0, 0.05) is 22.9 Å². The van der Waals surface area contributed by atoms with Crippen LogP contribution >= 0.6 is 0 Å². The number of nitrogens with two attached hydrogens (primary N) is 2. The molecule has 4 aliphatic carbocycles. The number of carbonyl (C=O) groups is 2. The summed E-state index contributed by atoms with van der Waals surface area (Å²) in [5, 5.41) is 0. The van der Waals surface area contributed by atoms with Gasteiger partial charge < -0.3 is 20.9 Å². The molecule has 0 amide bonds. The maximum atomic E-state index is 13.2.